The van der Waals surface area contributed by atoms with Gasteiger partial charge in [-0.15, -0.1) is 0 Å². The number of nitrogens with one attached hydrogen (secondary N) is 2. The van der Waals surface area contributed by atoms with Crippen LogP contribution in [-0.4, -0.2) is 25.0 Å². The molecule has 2 aromatic carbocycles. The lowest BCUT2D eigenvalue weighted by molar-refractivity contribution is -0.123. The maximum absolute atomic E-state index is 12.0. The molecule has 0 fully saturated rings. The monoisotopic (exact) mass is 344 g/mol. The Morgan fingerprint density at radius 2 is 2.04 bits per heavy atom. The van der Waals surface area contributed by atoms with E-state index in [1.165, 1.54) is 0 Å². The first kappa shape index (κ1) is 16.3. The van der Waals surface area contributed by atoms with Gasteiger partial charge < -0.3 is 15.4 Å². The Balaban J connectivity index is 1.58. The van der Waals surface area contributed by atoms with E-state index < -0.39 is 0 Å². The molecule has 0 unspecified atom stereocenters. The quantitative estimate of drug-likeness (QED) is 0.874. The second-order valence-corrected chi connectivity index (χ2v) is 5.85. The highest BCUT2D eigenvalue weighted by Gasteiger charge is 2.20. The zero-order chi connectivity index (χ0) is 16.9. The van der Waals surface area contributed by atoms with Gasteiger partial charge in [-0.1, -0.05) is 35.9 Å². The van der Waals surface area contributed by atoms with Crippen LogP contribution in [0.1, 0.15) is 21.5 Å². The Morgan fingerprint density at radius 3 is 2.88 bits per heavy atom. The standard InChI is InChI=1S/C18H17ClN2O3/c19-15-6-2-1-4-12(15)10-21-17(22)11-24-16-7-3-5-14-13(16)8-9-20-18(14)23/h1-7H,8-11H2,(H,20,23)(H,21,22). The van der Waals surface area contributed by atoms with E-state index in [-0.39, 0.29) is 18.4 Å². The fraction of sp³-hybridized carbons (Fsp3) is 0.222. The third kappa shape index (κ3) is 3.68. The van der Waals surface area contributed by atoms with Gasteiger partial charge in [0.15, 0.2) is 6.61 Å². The molecule has 0 atom stereocenters. The van der Waals surface area contributed by atoms with Crippen molar-refractivity contribution in [3.63, 3.8) is 0 Å². The van der Waals surface area contributed by atoms with Crippen LogP contribution in [0.5, 0.6) is 5.75 Å². The Hall–Kier alpha value is -2.53. The van der Waals surface area contributed by atoms with Crippen LogP contribution < -0.4 is 15.4 Å². The van der Waals surface area contributed by atoms with E-state index in [2.05, 4.69) is 10.6 Å². The molecule has 2 amide bonds. The summed E-state index contributed by atoms with van der Waals surface area (Å²) in [5, 5.41) is 6.17. The molecule has 1 aliphatic heterocycles. The topological polar surface area (TPSA) is 67.4 Å². The van der Waals surface area contributed by atoms with Crippen molar-refractivity contribution in [2.45, 2.75) is 13.0 Å². The van der Waals surface area contributed by atoms with Crippen LogP contribution in [-0.2, 0) is 17.8 Å². The highest BCUT2D eigenvalue weighted by Crippen LogP contribution is 2.25. The zero-order valence-corrected chi connectivity index (χ0v) is 13.7. The maximum Gasteiger partial charge on any atom is 0.258 e. The summed E-state index contributed by atoms with van der Waals surface area (Å²) in [7, 11) is 0. The van der Waals surface area contributed by atoms with Gasteiger partial charge in [0.2, 0.25) is 0 Å². The predicted molar refractivity (Wildman–Crippen MR) is 91.3 cm³/mol. The average molecular weight is 345 g/mol. The molecule has 0 spiro atoms. The van der Waals surface area contributed by atoms with Gasteiger partial charge in [-0.3, -0.25) is 9.59 Å². The van der Waals surface area contributed by atoms with Crippen molar-refractivity contribution in [2.24, 2.45) is 0 Å². The molecule has 5 nitrogen and oxygen atoms in total. The molecule has 0 aromatic heterocycles. The Kier molecular flexibility index (Phi) is 5.01. The second kappa shape index (κ2) is 7.36. The minimum Gasteiger partial charge on any atom is -0.483 e. The first-order valence-corrected chi connectivity index (χ1v) is 8.06. The number of ether oxygens (including phenoxy) is 1. The Morgan fingerprint density at radius 1 is 1.21 bits per heavy atom. The highest BCUT2D eigenvalue weighted by molar-refractivity contribution is 6.31. The summed E-state index contributed by atoms with van der Waals surface area (Å²) in [6, 6.07) is 12.6. The summed E-state index contributed by atoms with van der Waals surface area (Å²) in [5.74, 6) is 0.230. The number of hydrogen-bond donors (Lipinski definition) is 2. The molecular weight excluding hydrogens is 328 g/mol. The maximum atomic E-state index is 12.0. The lowest BCUT2D eigenvalue weighted by Crippen LogP contribution is -2.32. The van der Waals surface area contributed by atoms with Crippen LogP contribution >= 0.6 is 11.6 Å². The predicted octanol–water partition coefficient (Wildman–Crippen LogP) is 2.32. The molecule has 0 saturated heterocycles. The van der Waals surface area contributed by atoms with Gasteiger partial charge in [0, 0.05) is 29.2 Å². The molecule has 0 saturated carbocycles. The zero-order valence-electron chi connectivity index (χ0n) is 13.0. The fourth-order valence-electron chi connectivity index (χ4n) is 2.60. The number of halogens is 1. The third-order valence-corrected chi connectivity index (χ3v) is 4.20. The summed E-state index contributed by atoms with van der Waals surface area (Å²) in [6.07, 6.45) is 0.693. The second-order valence-electron chi connectivity index (χ2n) is 5.44. The van der Waals surface area contributed by atoms with Crippen LogP contribution in [0.2, 0.25) is 5.02 Å². The van der Waals surface area contributed by atoms with Gasteiger partial charge >= 0.3 is 0 Å². The fourth-order valence-corrected chi connectivity index (χ4v) is 2.80. The number of carbonyl (C=O) groups excluding carboxylic acids is 2. The first-order chi connectivity index (χ1) is 11.6. The van der Waals surface area contributed by atoms with Crippen molar-refractivity contribution < 1.29 is 14.3 Å². The Bertz CT molecular complexity index is 777. The summed E-state index contributed by atoms with van der Waals surface area (Å²) in [6.45, 7) is 0.810. The van der Waals surface area contributed by atoms with Crippen molar-refractivity contribution in [3.05, 3.63) is 64.2 Å². The lowest BCUT2D eigenvalue weighted by Gasteiger charge is -2.19. The van der Waals surface area contributed by atoms with Gasteiger partial charge in [-0.2, -0.15) is 0 Å². The van der Waals surface area contributed by atoms with Crippen molar-refractivity contribution in [3.8, 4) is 5.75 Å². The van der Waals surface area contributed by atoms with E-state index >= 15 is 0 Å². The van der Waals surface area contributed by atoms with E-state index in [9.17, 15) is 9.59 Å². The molecule has 1 aliphatic rings. The molecule has 124 valence electrons. The molecule has 24 heavy (non-hydrogen) atoms. The van der Waals surface area contributed by atoms with E-state index in [1.807, 2.05) is 18.2 Å². The van der Waals surface area contributed by atoms with Gasteiger partial charge in [0.05, 0.1) is 0 Å². The van der Waals surface area contributed by atoms with Gasteiger partial charge in [-0.05, 0) is 30.2 Å². The van der Waals surface area contributed by atoms with Crippen molar-refractivity contribution in [1.29, 1.82) is 0 Å². The van der Waals surface area contributed by atoms with Crippen LogP contribution in [0.3, 0.4) is 0 Å². The third-order valence-electron chi connectivity index (χ3n) is 3.83. The molecule has 0 radical (unpaired) electrons. The molecular formula is C18H17ClN2O3. The average Bonchev–Trinajstić information content (AvgIpc) is 2.60. The van der Waals surface area contributed by atoms with E-state index in [4.69, 9.17) is 16.3 Å². The van der Waals surface area contributed by atoms with E-state index in [0.717, 1.165) is 11.1 Å². The largest absolute Gasteiger partial charge is 0.483 e. The smallest absolute Gasteiger partial charge is 0.258 e. The van der Waals surface area contributed by atoms with Crippen molar-refractivity contribution in [2.75, 3.05) is 13.2 Å². The summed E-state index contributed by atoms with van der Waals surface area (Å²) >= 11 is 6.05. The molecule has 2 aromatic rings. The van der Waals surface area contributed by atoms with Crippen LogP contribution in [0.15, 0.2) is 42.5 Å². The van der Waals surface area contributed by atoms with Gasteiger partial charge in [0.25, 0.3) is 11.8 Å². The number of rotatable bonds is 5. The number of carbonyl (C=O) groups is 2. The van der Waals surface area contributed by atoms with Crippen LogP contribution in [0.4, 0.5) is 0 Å². The normalized spacial score (nSPS) is 13.0. The van der Waals surface area contributed by atoms with Gasteiger partial charge in [0.1, 0.15) is 5.75 Å². The van der Waals surface area contributed by atoms with Gasteiger partial charge in [-0.25, -0.2) is 0 Å². The van der Waals surface area contributed by atoms with E-state index in [0.29, 0.717) is 35.8 Å². The minimum absolute atomic E-state index is 0.107. The molecule has 0 bridgehead atoms. The minimum atomic E-state index is -0.243. The number of amides is 2. The van der Waals surface area contributed by atoms with Crippen LogP contribution in [0.25, 0.3) is 0 Å². The lowest BCUT2D eigenvalue weighted by atomic mass is 9.99. The molecule has 1 heterocycles. The van der Waals surface area contributed by atoms with E-state index in [1.54, 1.807) is 24.3 Å². The Labute approximate surface area is 145 Å². The van der Waals surface area contributed by atoms with Crippen LogP contribution in [0, 0.1) is 0 Å². The summed E-state index contributed by atoms with van der Waals surface area (Å²) < 4.78 is 5.61. The number of fused-ring (bicyclic) bond motifs is 1. The molecule has 6 heteroatoms. The summed E-state index contributed by atoms with van der Waals surface area (Å²) in [5.41, 5.74) is 2.30. The number of benzene rings is 2. The SMILES string of the molecule is O=C(COc1cccc2c1CCNC2=O)NCc1ccccc1Cl. The molecule has 2 N–H and O–H groups in total. The van der Waals surface area contributed by atoms with Crippen molar-refractivity contribution in [1.82, 2.24) is 10.6 Å². The molecule has 0 aliphatic carbocycles. The number of hydrogen-bond acceptors (Lipinski definition) is 3. The first-order valence-electron chi connectivity index (χ1n) is 7.68. The summed E-state index contributed by atoms with van der Waals surface area (Å²) in [4.78, 5) is 23.8. The van der Waals surface area contributed by atoms with Crippen molar-refractivity contribution >= 4 is 23.4 Å². The molecule has 3 rings (SSSR count). The highest BCUT2D eigenvalue weighted by atomic mass is 35.5.